The van der Waals surface area contributed by atoms with Gasteiger partial charge in [0.25, 0.3) is 0 Å². The Morgan fingerprint density at radius 1 is 1.09 bits per heavy atom. The van der Waals surface area contributed by atoms with Crippen molar-refractivity contribution in [1.29, 1.82) is 0 Å². The molecule has 0 aliphatic carbocycles. The lowest BCUT2D eigenvalue weighted by molar-refractivity contribution is 0.149. The normalized spacial score (nSPS) is 22.2. The minimum absolute atomic E-state index is 0.269. The fourth-order valence-electron chi connectivity index (χ4n) is 3.65. The second-order valence-electron chi connectivity index (χ2n) is 6.88. The maximum atomic E-state index is 6.31. The summed E-state index contributed by atoms with van der Waals surface area (Å²) in [5.74, 6) is 0.615. The number of likely N-dealkylation sites (tertiary alicyclic amines) is 1. The van der Waals surface area contributed by atoms with Gasteiger partial charge in [0.1, 0.15) is 0 Å². The molecule has 0 saturated carbocycles. The highest BCUT2D eigenvalue weighted by Crippen LogP contribution is 2.23. The van der Waals surface area contributed by atoms with E-state index in [1.807, 2.05) is 12.1 Å². The molecule has 23 heavy (non-hydrogen) atoms. The Bertz CT molecular complexity index is 638. The Labute approximate surface area is 144 Å². The maximum absolute atomic E-state index is 6.31. The summed E-state index contributed by atoms with van der Waals surface area (Å²) in [7, 11) is 0. The topological polar surface area (TPSA) is 29.3 Å². The molecular formula is C20H25ClN2. The molecule has 1 fully saturated rings. The summed E-state index contributed by atoms with van der Waals surface area (Å²) < 4.78 is 0. The summed E-state index contributed by atoms with van der Waals surface area (Å²) in [6, 6.07) is 17.3. The number of nitrogens with zero attached hydrogens (tertiary/aromatic N) is 1. The minimum Gasteiger partial charge on any atom is -0.327 e. The molecule has 0 radical (unpaired) electrons. The van der Waals surface area contributed by atoms with Crippen LogP contribution in [0, 0.1) is 12.8 Å². The summed E-state index contributed by atoms with van der Waals surface area (Å²) in [5, 5.41) is 0.801. The van der Waals surface area contributed by atoms with E-state index in [1.165, 1.54) is 16.7 Å². The lowest BCUT2D eigenvalue weighted by Gasteiger charge is -2.36. The zero-order valence-electron chi connectivity index (χ0n) is 13.7. The predicted octanol–water partition coefficient (Wildman–Crippen LogP) is 4.04. The Hall–Kier alpha value is -1.35. The van der Waals surface area contributed by atoms with E-state index < -0.39 is 0 Å². The third-order valence-electron chi connectivity index (χ3n) is 4.57. The lowest BCUT2D eigenvalue weighted by Crippen LogP contribution is -2.47. The molecule has 2 nitrogen and oxygen atoms in total. The third kappa shape index (κ3) is 4.81. The van der Waals surface area contributed by atoms with Crippen LogP contribution in [0.4, 0.5) is 0 Å². The lowest BCUT2D eigenvalue weighted by atomic mass is 9.89. The van der Waals surface area contributed by atoms with Gasteiger partial charge in [-0.3, -0.25) is 4.90 Å². The second-order valence-corrected chi connectivity index (χ2v) is 7.31. The molecule has 0 aromatic heterocycles. The number of aryl methyl sites for hydroxylation is 1. The molecular weight excluding hydrogens is 304 g/mol. The van der Waals surface area contributed by atoms with Crippen LogP contribution >= 0.6 is 11.6 Å². The number of nitrogens with two attached hydrogens (primary N) is 1. The van der Waals surface area contributed by atoms with E-state index in [4.69, 9.17) is 17.3 Å². The maximum Gasteiger partial charge on any atom is 0.0406 e. The first kappa shape index (κ1) is 16.5. The molecule has 2 aromatic rings. The first-order chi connectivity index (χ1) is 11.1. The van der Waals surface area contributed by atoms with Gasteiger partial charge in [-0.1, -0.05) is 53.6 Å². The van der Waals surface area contributed by atoms with Crippen LogP contribution in [0.5, 0.6) is 0 Å². The number of benzene rings is 2. The molecule has 2 N–H and O–H groups in total. The van der Waals surface area contributed by atoms with Crippen LogP contribution in [0.3, 0.4) is 0 Å². The number of piperidine rings is 1. The molecule has 0 amide bonds. The quantitative estimate of drug-likeness (QED) is 0.917. The number of rotatable bonds is 4. The predicted molar refractivity (Wildman–Crippen MR) is 97.7 cm³/mol. The first-order valence-corrected chi connectivity index (χ1v) is 8.74. The van der Waals surface area contributed by atoms with Gasteiger partial charge in [-0.25, -0.2) is 0 Å². The van der Waals surface area contributed by atoms with E-state index in [0.717, 1.165) is 37.5 Å². The molecule has 0 bridgehead atoms. The molecule has 2 unspecified atom stereocenters. The van der Waals surface area contributed by atoms with Gasteiger partial charge in [0, 0.05) is 30.7 Å². The molecule has 2 aromatic carbocycles. The second kappa shape index (κ2) is 7.48. The summed E-state index contributed by atoms with van der Waals surface area (Å²) >= 11 is 5.98. The molecule has 122 valence electrons. The summed E-state index contributed by atoms with van der Waals surface area (Å²) in [5.41, 5.74) is 10.4. The van der Waals surface area contributed by atoms with Gasteiger partial charge in [-0.05, 0) is 48.9 Å². The monoisotopic (exact) mass is 328 g/mol. The van der Waals surface area contributed by atoms with E-state index in [1.54, 1.807) is 0 Å². The Morgan fingerprint density at radius 3 is 2.61 bits per heavy atom. The highest BCUT2D eigenvalue weighted by Gasteiger charge is 2.25. The van der Waals surface area contributed by atoms with Gasteiger partial charge in [0.05, 0.1) is 0 Å². The molecule has 3 heteroatoms. The Morgan fingerprint density at radius 2 is 1.87 bits per heavy atom. The zero-order chi connectivity index (χ0) is 16.2. The van der Waals surface area contributed by atoms with Crippen LogP contribution in [-0.4, -0.2) is 24.0 Å². The highest BCUT2D eigenvalue weighted by atomic mass is 35.5. The van der Waals surface area contributed by atoms with Gasteiger partial charge < -0.3 is 5.73 Å². The molecule has 3 rings (SSSR count). The Balaban J connectivity index is 1.63. The number of hydrogen-bond acceptors (Lipinski definition) is 2. The van der Waals surface area contributed by atoms with Crippen molar-refractivity contribution in [3.05, 3.63) is 70.2 Å². The summed E-state index contributed by atoms with van der Waals surface area (Å²) in [6.45, 7) is 5.25. The van der Waals surface area contributed by atoms with Gasteiger partial charge in [-0.15, -0.1) is 0 Å². The van der Waals surface area contributed by atoms with Gasteiger partial charge >= 0.3 is 0 Å². The third-order valence-corrected chi connectivity index (χ3v) is 4.82. The van der Waals surface area contributed by atoms with Crippen molar-refractivity contribution in [3.63, 3.8) is 0 Å². The summed E-state index contributed by atoms with van der Waals surface area (Å²) in [4.78, 5) is 2.50. The van der Waals surface area contributed by atoms with E-state index in [0.29, 0.717) is 5.92 Å². The van der Waals surface area contributed by atoms with Crippen LogP contribution in [0.1, 0.15) is 23.1 Å². The molecule has 1 aliphatic rings. The smallest absolute Gasteiger partial charge is 0.0406 e. The van der Waals surface area contributed by atoms with Crippen LogP contribution < -0.4 is 5.73 Å². The van der Waals surface area contributed by atoms with Crippen molar-refractivity contribution >= 4 is 11.6 Å². The average Bonchev–Trinajstić information content (AvgIpc) is 2.49. The number of hydrogen-bond donors (Lipinski definition) is 1. The molecule has 0 spiro atoms. The largest absolute Gasteiger partial charge is 0.327 e. The number of halogens is 1. The zero-order valence-corrected chi connectivity index (χ0v) is 14.5. The SMILES string of the molecule is Cc1cccc(CN2CC(N)CC(Cc3ccc(Cl)cc3)C2)c1. The van der Waals surface area contributed by atoms with E-state index in [-0.39, 0.29) is 6.04 Å². The van der Waals surface area contributed by atoms with Crippen molar-refractivity contribution in [1.82, 2.24) is 4.90 Å². The van der Waals surface area contributed by atoms with E-state index in [9.17, 15) is 0 Å². The molecule has 1 aliphatic heterocycles. The van der Waals surface area contributed by atoms with Crippen LogP contribution in [-0.2, 0) is 13.0 Å². The van der Waals surface area contributed by atoms with Crippen LogP contribution in [0.15, 0.2) is 48.5 Å². The van der Waals surface area contributed by atoms with Gasteiger partial charge in [0.2, 0.25) is 0 Å². The standard InChI is InChI=1S/C20H25ClN2/c1-15-3-2-4-17(9-15)12-23-13-18(11-20(22)14-23)10-16-5-7-19(21)8-6-16/h2-9,18,20H,10-14,22H2,1H3. The highest BCUT2D eigenvalue weighted by molar-refractivity contribution is 6.30. The van der Waals surface area contributed by atoms with Gasteiger partial charge in [0.15, 0.2) is 0 Å². The van der Waals surface area contributed by atoms with E-state index in [2.05, 4.69) is 48.2 Å². The molecule has 1 saturated heterocycles. The van der Waals surface area contributed by atoms with Crippen LogP contribution in [0.25, 0.3) is 0 Å². The fourth-order valence-corrected chi connectivity index (χ4v) is 3.77. The van der Waals surface area contributed by atoms with E-state index >= 15 is 0 Å². The van der Waals surface area contributed by atoms with Crippen molar-refractivity contribution in [2.75, 3.05) is 13.1 Å². The molecule has 2 atom stereocenters. The van der Waals surface area contributed by atoms with Gasteiger partial charge in [-0.2, -0.15) is 0 Å². The van der Waals surface area contributed by atoms with Crippen molar-refractivity contribution in [2.24, 2.45) is 11.7 Å². The average molecular weight is 329 g/mol. The minimum atomic E-state index is 0.269. The van der Waals surface area contributed by atoms with Crippen molar-refractivity contribution in [3.8, 4) is 0 Å². The van der Waals surface area contributed by atoms with Crippen molar-refractivity contribution in [2.45, 2.75) is 32.4 Å². The first-order valence-electron chi connectivity index (χ1n) is 8.36. The van der Waals surface area contributed by atoms with Crippen molar-refractivity contribution < 1.29 is 0 Å². The Kier molecular flexibility index (Phi) is 5.37. The summed E-state index contributed by atoms with van der Waals surface area (Å²) in [6.07, 6.45) is 2.18. The fraction of sp³-hybridized carbons (Fsp3) is 0.400. The molecule has 1 heterocycles. The van der Waals surface area contributed by atoms with Crippen LogP contribution in [0.2, 0.25) is 5.02 Å².